The molecule has 0 aliphatic carbocycles. The lowest BCUT2D eigenvalue weighted by molar-refractivity contribution is 0.0940. The molecule has 0 fully saturated rings. The third kappa shape index (κ3) is 3.34. The van der Waals surface area contributed by atoms with Crippen LogP contribution in [-0.4, -0.2) is 31.3 Å². The van der Waals surface area contributed by atoms with E-state index in [0.717, 1.165) is 5.56 Å². The van der Waals surface area contributed by atoms with E-state index < -0.39 is 0 Å². The molecule has 1 rings (SSSR count). The maximum Gasteiger partial charge on any atom is 0.251 e. The Bertz CT molecular complexity index is 325. The van der Waals surface area contributed by atoms with E-state index in [-0.39, 0.29) is 19.1 Å². The van der Waals surface area contributed by atoms with Gasteiger partial charge in [0, 0.05) is 19.2 Å². The number of aliphatic hydroxyl groups is 1. The molecule has 0 saturated heterocycles. The normalized spacial score (nSPS) is 10.0. The number of hydrogen-bond acceptors (Lipinski definition) is 3. The van der Waals surface area contributed by atoms with Crippen LogP contribution in [0.1, 0.15) is 15.9 Å². The first-order chi connectivity index (χ1) is 7.29. The zero-order valence-electron chi connectivity index (χ0n) is 8.69. The summed E-state index contributed by atoms with van der Waals surface area (Å²) >= 11 is 0. The van der Waals surface area contributed by atoms with Crippen LogP contribution in [0.2, 0.25) is 0 Å². The molecule has 0 radical (unpaired) electrons. The molecule has 0 saturated carbocycles. The Morgan fingerprint density at radius 3 is 2.87 bits per heavy atom. The highest BCUT2D eigenvalue weighted by atomic mass is 16.5. The predicted octanol–water partition coefficient (Wildman–Crippen LogP) is 0.555. The zero-order valence-corrected chi connectivity index (χ0v) is 8.69. The largest absolute Gasteiger partial charge is 0.395 e. The minimum atomic E-state index is -0.184. The number of hydrogen-bond donors (Lipinski definition) is 2. The number of benzene rings is 1. The Hall–Kier alpha value is -1.39. The Morgan fingerprint density at radius 2 is 2.20 bits per heavy atom. The Balaban J connectivity index is 2.77. The van der Waals surface area contributed by atoms with E-state index >= 15 is 0 Å². The monoisotopic (exact) mass is 209 g/mol. The zero-order chi connectivity index (χ0) is 11.1. The van der Waals surface area contributed by atoms with Gasteiger partial charge in [-0.05, 0) is 11.6 Å². The highest BCUT2D eigenvalue weighted by Gasteiger charge is 2.09. The maximum absolute atomic E-state index is 11.6. The number of carbonyl (C=O) groups excluding carboxylic acids is 1. The summed E-state index contributed by atoms with van der Waals surface area (Å²) in [5.41, 5.74) is 1.43. The van der Waals surface area contributed by atoms with E-state index in [1.807, 2.05) is 12.1 Å². The fourth-order valence-electron chi connectivity index (χ4n) is 1.29. The van der Waals surface area contributed by atoms with Crippen molar-refractivity contribution in [3.63, 3.8) is 0 Å². The van der Waals surface area contributed by atoms with Crippen molar-refractivity contribution in [3.05, 3.63) is 35.4 Å². The van der Waals surface area contributed by atoms with Gasteiger partial charge in [0.2, 0.25) is 0 Å². The van der Waals surface area contributed by atoms with Gasteiger partial charge in [0.15, 0.2) is 0 Å². The average Bonchev–Trinajstić information content (AvgIpc) is 2.27. The quantitative estimate of drug-likeness (QED) is 0.744. The molecule has 0 heterocycles. The summed E-state index contributed by atoms with van der Waals surface area (Å²) in [6.07, 6.45) is 0. The van der Waals surface area contributed by atoms with E-state index in [1.54, 1.807) is 19.2 Å². The molecule has 15 heavy (non-hydrogen) atoms. The average molecular weight is 209 g/mol. The molecule has 1 aromatic carbocycles. The van der Waals surface area contributed by atoms with Gasteiger partial charge in [-0.2, -0.15) is 0 Å². The lowest BCUT2D eigenvalue weighted by Crippen LogP contribution is -2.27. The standard InChI is InChI=1S/C11H15NO3/c1-15-8-9-4-2-3-5-10(9)11(14)12-6-7-13/h2-5,13H,6-8H2,1H3,(H,12,14). The van der Waals surface area contributed by atoms with E-state index in [0.29, 0.717) is 12.2 Å². The molecule has 4 nitrogen and oxygen atoms in total. The first kappa shape index (κ1) is 11.7. The second-order valence-corrected chi connectivity index (χ2v) is 3.07. The molecule has 1 amide bonds. The van der Waals surface area contributed by atoms with Gasteiger partial charge >= 0.3 is 0 Å². The van der Waals surface area contributed by atoms with E-state index in [9.17, 15) is 4.79 Å². The van der Waals surface area contributed by atoms with Crippen molar-refractivity contribution in [1.29, 1.82) is 0 Å². The second-order valence-electron chi connectivity index (χ2n) is 3.07. The molecule has 0 aliphatic heterocycles. The number of amides is 1. The fourth-order valence-corrected chi connectivity index (χ4v) is 1.29. The van der Waals surface area contributed by atoms with Crippen LogP contribution < -0.4 is 5.32 Å². The van der Waals surface area contributed by atoms with Gasteiger partial charge < -0.3 is 15.2 Å². The van der Waals surface area contributed by atoms with E-state index in [2.05, 4.69) is 5.32 Å². The molecular formula is C11H15NO3. The SMILES string of the molecule is COCc1ccccc1C(=O)NCCO. The van der Waals surface area contributed by atoms with Gasteiger partial charge in [0.1, 0.15) is 0 Å². The number of aliphatic hydroxyl groups excluding tert-OH is 1. The molecule has 2 N–H and O–H groups in total. The van der Waals surface area contributed by atoms with Crippen LogP contribution >= 0.6 is 0 Å². The minimum absolute atomic E-state index is 0.0574. The minimum Gasteiger partial charge on any atom is -0.395 e. The molecule has 0 aromatic heterocycles. The highest BCUT2D eigenvalue weighted by molar-refractivity contribution is 5.95. The molecule has 0 atom stereocenters. The van der Waals surface area contributed by atoms with Gasteiger partial charge in [-0.15, -0.1) is 0 Å². The summed E-state index contributed by atoms with van der Waals surface area (Å²) in [5, 5.41) is 11.2. The van der Waals surface area contributed by atoms with Gasteiger partial charge in [-0.3, -0.25) is 4.79 Å². The summed E-state index contributed by atoms with van der Waals surface area (Å²) < 4.78 is 4.99. The van der Waals surface area contributed by atoms with Gasteiger partial charge in [0.25, 0.3) is 5.91 Å². The van der Waals surface area contributed by atoms with Crippen molar-refractivity contribution in [2.75, 3.05) is 20.3 Å². The van der Waals surface area contributed by atoms with Crippen molar-refractivity contribution in [3.8, 4) is 0 Å². The fraction of sp³-hybridized carbons (Fsp3) is 0.364. The second kappa shape index (κ2) is 6.16. The molecule has 82 valence electrons. The van der Waals surface area contributed by atoms with Gasteiger partial charge in [0.05, 0.1) is 13.2 Å². The van der Waals surface area contributed by atoms with Crippen molar-refractivity contribution < 1.29 is 14.6 Å². The predicted molar refractivity (Wildman–Crippen MR) is 56.6 cm³/mol. The smallest absolute Gasteiger partial charge is 0.251 e. The maximum atomic E-state index is 11.6. The van der Waals surface area contributed by atoms with Crippen LogP contribution in [-0.2, 0) is 11.3 Å². The van der Waals surface area contributed by atoms with Crippen molar-refractivity contribution in [2.24, 2.45) is 0 Å². The van der Waals surface area contributed by atoms with Crippen molar-refractivity contribution in [2.45, 2.75) is 6.61 Å². The first-order valence-electron chi connectivity index (χ1n) is 4.75. The summed E-state index contributed by atoms with van der Waals surface area (Å²) in [6.45, 7) is 0.612. The summed E-state index contributed by atoms with van der Waals surface area (Å²) in [7, 11) is 1.59. The summed E-state index contributed by atoms with van der Waals surface area (Å²) in [6, 6.07) is 7.24. The number of rotatable bonds is 5. The van der Waals surface area contributed by atoms with Crippen LogP contribution in [0.4, 0.5) is 0 Å². The van der Waals surface area contributed by atoms with Crippen molar-refractivity contribution >= 4 is 5.91 Å². The van der Waals surface area contributed by atoms with Crippen LogP contribution in [0.15, 0.2) is 24.3 Å². The number of ether oxygens (including phenoxy) is 1. The lowest BCUT2D eigenvalue weighted by Gasteiger charge is -2.08. The molecular weight excluding hydrogens is 194 g/mol. The first-order valence-corrected chi connectivity index (χ1v) is 4.75. The van der Waals surface area contributed by atoms with Gasteiger partial charge in [-0.25, -0.2) is 0 Å². The van der Waals surface area contributed by atoms with Crippen molar-refractivity contribution in [1.82, 2.24) is 5.32 Å². The van der Waals surface area contributed by atoms with Crippen LogP contribution in [0.3, 0.4) is 0 Å². The lowest BCUT2D eigenvalue weighted by atomic mass is 10.1. The number of methoxy groups -OCH3 is 1. The Kier molecular flexibility index (Phi) is 4.80. The summed E-state index contributed by atoms with van der Waals surface area (Å²) in [5.74, 6) is -0.184. The Labute approximate surface area is 88.9 Å². The number of carbonyl (C=O) groups is 1. The Morgan fingerprint density at radius 1 is 1.47 bits per heavy atom. The summed E-state index contributed by atoms with van der Waals surface area (Å²) in [4.78, 5) is 11.6. The molecule has 0 aliphatic rings. The third-order valence-electron chi connectivity index (χ3n) is 1.96. The molecule has 0 spiro atoms. The molecule has 4 heteroatoms. The number of nitrogens with one attached hydrogen (secondary N) is 1. The van der Waals surface area contributed by atoms with E-state index in [4.69, 9.17) is 9.84 Å². The van der Waals surface area contributed by atoms with Crippen LogP contribution in [0.25, 0.3) is 0 Å². The van der Waals surface area contributed by atoms with Crippen LogP contribution in [0.5, 0.6) is 0 Å². The van der Waals surface area contributed by atoms with Crippen LogP contribution in [0, 0.1) is 0 Å². The molecule has 0 bridgehead atoms. The molecule has 1 aromatic rings. The highest BCUT2D eigenvalue weighted by Crippen LogP contribution is 2.09. The topological polar surface area (TPSA) is 58.6 Å². The molecule has 0 unspecified atom stereocenters. The third-order valence-corrected chi connectivity index (χ3v) is 1.96. The van der Waals surface area contributed by atoms with Gasteiger partial charge in [-0.1, -0.05) is 18.2 Å². The van der Waals surface area contributed by atoms with E-state index in [1.165, 1.54) is 0 Å².